The van der Waals surface area contributed by atoms with Crippen LogP contribution in [-0.4, -0.2) is 15.9 Å². The van der Waals surface area contributed by atoms with Crippen LogP contribution < -0.4 is 10.6 Å². The first kappa shape index (κ1) is 16.6. The molecule has 0 fully saturated rings. The minimum atomic E-state index is -0.276. The van der Waals surface area contributed by atoms with Crippen LogP contribution in [0.15, 0.2) is 60.9 Å². The highest BCUT2D eigenvalue weighted by molar-refractivity contribution is 6.02. The average Bonchev–Trinajstić information content (AvgIpc) is 2.63. The van der Waals surface area contributed by atoms with Gasteiger partial charge in [0.25, 0.3) is 5.91 Å². The van der Waals surface area contributed by atoms with Crippen molar-refractivity contribution in [3.05, 3.63) is 83.3 Å². The molecule has 0 atom stereocenters. The third kappa shape index (κ3) is 4.41. The summed E-state index contributed by atoms with van der Waals surface area (Å²) in [5.74, 6) is 0.358. The number of amides is 1. The molecule has 1 amide bonds. The second-order valence-electron chi connectivity index (χ2n) is 5.89. The molecule has 0 spiro atoms. The molecule has 0 aliphatic rings. The van der Waals surface area contributed by atoms with Gasteiger partial charge in [0, 0.05) is 12.2 Å². The van der Waals surface area contributed by atoms with Gasteiger partial charge < -0.3 is 10.6 Å². The maximum absolute atomic E-state index is 12.2. The van der Waals surface area contributed by atoms with Crippen molar-refractivity contribution in [1.82, 2.24) is 9.97 Å². The molecule has 0 saturated carbocycles. The Hall–Kier alpha value is -3.21. The molecule has 25 heavy (non-hydrogen) atoms. The maximum Gasteiger partial charge on any atom is 0.275 e. The van der Waals surface area contributed by atoms with Crippen molar-refractivity contribution in [2.45, 2.75) is 20.4 Å². The first-order valence-corrected chi connectivity index (χ1v) is 8.10. The van der Waals surface area contributed by atoms with Gasteiger partial charge in [0.1, 0.15) is 11.5 Å². The monoisotopic (exact) mass is 332 g/mol. The van der Waals surface area contributed by atoms with Crippen molar-refractivity contribution < 1.29 is 4.79 Å². The zero-order chi connectivity index (χ0) is 17.6. The van der Waals surface area contributed by atoms with Crippen LogP contribution in [0.25, 0.3) is 0 Å². The van der Waals surface area contributed by atoms with Gasteiger partial charge in [-0.1, -0.05) is 42.0 Å². The van der Waals surface area contributed by atoms with E-state index in [-0.39, 0.29) is 11.6 Å². The van der Waals surface area contributed by atoms with E-state index in [1.165, 1.54) is 17.3 Å². The maximum atomic E-state index is 12.2. The fourth-order valence-electron chi connectivity index (χ4n) is 2.36. The molecule has 2 aromatic carbocycles. The Kier molecular flexibility index (Phi) is 5.04. The van der Waals surface area contributed by atoms with Gasteiger partial charge in [-0.25, -0.2) is 9.97 Å². The Labute approximate surface area is 147 Å². The minimum absolute atomic E-state index is 0.276. The van der Waals surface area contributed by atoms with E-state index < -0.39 is 0 Å². The third-order valence-electron chi connectivity index (χ3n) is 3.92. The molecule has 126 valence electrons. The Morgan fingerprint density at radius 1 is 0.960 bits per heavy atom. The molecule has 3 aromatic rings. The third-order valence-corrected chi connectivity index (χ3v) is 3.92. The van der Waals surface area contributed by atoms with Gasteiger partial charge in [-0.2, -0.15) is 0 Å². The number of nitrogens with one attached hydrogen (secondary N) is 2. The lowest BCUT2D eigenvalue weighted by atomic mass is 10.1. The zero-order valence-electron chi connectivity index (χ0n) is 14.3. The molecule has 0 aliphatic carbocycles. The van der Waals surface area contributed by atoms with Crippen LogP contribution in [0.4, 0.5) is 11.5 Å². The first-order chi connectivity index (χ1) is 12.1. The zero-order valence-corrected chi connectivity index (χ0v) is 14.3. The number of carbonyl (C=O) groups is 1. The molecule has 2 N–H and O–H groups in total. The number of nitrogens with zero attached hydrogens (tertiary/aromatic N) is 2. The summed E-state index contributed by atoms with van der Waals surface area (Å²) in [6.45, 7) is 4.73. The van der Waals surface area contributed by atoms with Crippen molar-refractivity contribution in [1.29, 1.82) is 0 Å². The molecule has 0 radical (unpaired) electrons. The SMILES string of the molecule is Cc1ccc(NC(=O)c2cnc(NCc3ccccc3C)cn2)cc1. The fourth-order valence-corrected chi connectivity index (χ4v) is 2.36. The highest BCUT2D eigenvalue weighted by atomic mass is 16.1. The molecular weight excluding hydrogens is 312 g/mol. The summed E-state index contributed by atoms with van der Waals surface area (Å²) in [7, 11) is 0. The smallest absolute Gasteiger partial charge is 0.275 e. The highest BCUT2D eigenvalue weighted by Crippen LogP contribution is 2.12. The van der Waals surface area contributed by atoms with Gasteiger partial charge in [0.2, 0.25) is 0 Å². The summed E-state index contributed by atoms with van der Waals surface area (Å²) in [5, 5.41) is 6.03. The van der Waals surface area contributed by atoms with Gasteiger partial charge in [-0.15, -0.1) is 0 Å². The van der Waals surface area contributed by atoms with Crippen molar-refractivity contribution >= 4 is 17.4 Å². The van der Waals surface area contributed by atoms with Crippen LogP contribution >= 0.6 is 0 Å². The largest absolute Gasteiger partial charge is 0.365 e. The van der Waals surface area contributed by atoms with E-state index in [9.17, 15) is 4.79 Å². The highest BCUT2D eigenvalue weighted by Gasteiger charge is 2.08. The van der Waals surface area contributed by atoms with Crippen LogP contribution in [0.3, 0.4) is 0 Å². The number of hydrogen-bond donors (Lipinski definition) is 2. The summed E-state index contributed by atoms with van der Waals surface area (Å²) in [6.07, 6.45) is 3.05. The molecule has 0 bridgehead atoms. The molecular formula is C20H20N4O. The summed E-state index contributed by atoms with van der Waals surface area (Å²) in [4.78, 5) is 20.7. The Balaban J connectivity index is 1.60. The number of hydrogen-bond acceptors (Lipinski definition) is 4. The van der Waals surface area contributed by atoms with E-state index in [1.807, 2.05) is 43.3 Å². The Morgan fingerprint density at radius 3 is 2.40 bits per heavy atom. The fraction of sp³-hybridized carbons (Fsp3) is 0.150. The summed E-state index contributed by atoms with van der Waals surface area (Å²) in [6, 6.07) is 15.8. The van der Waals surface area contributed by atoms with Gasteiger partial charge >= 0.3 is 0 Å². The number of carbonyl (C=O) groups excluding carboxylic acids is 1. The van der Waals surface area contributed by atoms with Crippen molar-refractivity contribution in [2.24, 2.45) is 0 Å². The van der Waals surface area contributed by atoms with Crippen LogP contribution in [0.1, 0.15) is 27.2 Å². The molecule has 0 unspecified atom stereocenters. The molecule has 1 heterocycles. The lowest BCUT2D eigenvalue weighted by Crippen LogP contribution is -2.14. The van der Waals surface area contributed by atoms with Crippen LogP contribution in [0, 0.1) is 13.8 Å². The standard InChI is InChI=1S/C20H20N4O/c1-14-7-9-17(10-8-14)24-20(25)18-12-23-19(13-21-18)22-11-16-6-4-3-5-15(16)2/h3-10,12-13H,11H2,1-2H3,(H,22,23)(H,24,25). The Morgan fingerprint density at radius 2 is 1.72 bits per heavy atom. The summed E-state index contributed by atoms with van der Waals surface area (Å²) < 4.78 is 0. The van der Waals surface area contributed by atoms with E-state index in [4.69, 9.17) is 0 Å². The van der Waals surface area contributed by atoms with E-state index in [0.717, 1.165) is 11.3 Å². The second kappa shape index (κ2) is 7.57. The Bertz CT molecular complexity index is 858. The van der Waals surface area contributed by atoms with Crippen LogP contribution in [0.2, 0.25) is 0 Å². The lowest BCUT2D eigenvalue weighted by Gasteiger charge is -2.09. The average molecular weight is 332 g/mol. The number of aromatic nitrogens is 2. The molecule has 0 aliphatic heterocycles. The number of anilines is 2. The van der Waals surface area contributed by atoms with Crippen molar-refractivity contribution in [3.8, 4) is 0 Å². The van der Waals surface area contributed by atoms with E-state index in [1.54, 1.807) is 6.20 Å². The summed E-state index contributed by atoms with van der Waals surface area (Å²) in [5.41, 5.74) is 4.57. The predicted octanol–water partition coefficient (Wildman–Crippen LogP) is 3.96. The number of benzene rings is 2. The van der Waals surface area contributed by atoms with Crippen LogP contribution in [-0.2, 0) is 6.54 Å². The van der Waals surface area contributed by atoms with Crippen molar-refractivity contribution in [2.75, 3.05) is 10.6 Å². The second-order valence-corrected chi connectivity index (χ2v) is 5.89. The van der Waals surface area contributed by atoms with E-state index >= 15 is 0 Å². The topological polar surface area (TPSA) is 66.9 Å². The number of rotatable bonds is 5. The summed E-state index contributed by atoms with van der Waals surface area (Å²) >= 11 is 0. The van der Waals surface area contributed by atoms with Gasteiger partial charge in [-0.3, -0.25) is 4.79 Å². The molecule has 3 rings (SSSR count). The van der Waals surface area contributed by atoms with Crippen molar-refractivity contribution in [3.63, 3.8) is 0 Å². The van der Waals surface area contributed by atoms with Gasteiger partial charge in [0.15, 0.2) is 0 Å². The van der Waals surface area contributed by atoms with Gasteiger partial charge in [0.05, 0.1) is 12.4 Å². The quantitative estimate of drug-likeness (QED) is 0.742. The van der Waals surface area contributed by atoms with Crippen LogP contribution in [0.5, 0.6) is 0 Å². The van der Waals surface area contributed by atoms with E-state index in [0.29, 0.717) is 12.4 Å². The van der Waals surface area contributed by atoms with Gasteiger partial charge in [-0.05, 0) is 37.1 Å². The number of aryl methyl sites for hydroxylation is 2. The first-order valence-electron chi connectivity index (χ1n) is 8.10. The predicted molar refractivity (Wildman–Crippen MR) is 99.7 cm³/mol. The lowest BCUT2D eigenvalue weighted by molar-refractivity contribution is 0.102. The minimum Gasteiger partial charge on any atom is -0.365 e. The van der Waals surface area contributed by atoms with E-state index in [2.05, 4.69) is 39.7 Å². The molecule has 1 aromatic heterocycles. The molecule has 0 saturated heterocycles. The molecule has 5 heteroatoms. The molecule has 5 nitrogen and oxygen atoms in total. The normalized spacial score (nSPS) is 10.3.